The summed E-state index contributed by atoms with van der Waals surface area (Å²) < 4.78 is 7.81. The van der Waals surface area contributed by atoms with Gasteiger partial charge in [-0.25, -0.2) is 4.98 Å². The van der Waals surface area contributed by atoms with Crippen LogP contribution in [0.25, 0.3) is 11.0 Å². The van der Waals surface area contributed by atoms with E-state index >= 15 is 0 Å². The van der Waals surface area contributed by atoms with Crippen molar-refractivity contribution in [1.82, 2.24) is 14.5 Å². The normalized spacial score (nSPS) is 11.7. The fraction of sp³-hybridized carbons (Fsp3) is 0.500. The van der Waals surface area contributed by atoms with Crippen LogP contribution in [0.5, 0.6) is 5.75 Å². The molecule has 0 aliphatic heterocycles. The minimum absolute atomic E-state index is 0.124. The smallest absolute Gasteiger partial charge is 0.201 e. The molecule has 0 aliphatic carbocycles. The standard InChI is InChI=1S/C14H22N4O/c1-10(2)19-12-7-5-6-11-13(12)16-14(15)18(11)9-8-17(3)4/h5-7,10H,8-9H2,1-4H3,(H2,15,16). The number of para-hydroxylation sites is 1. The monoisotopic (exact) mass is 262 g/mol. The maximum atomic E-state index is 6.02. The van der Waals surface area contributed by atoms with Gasteiger partial charge in [0.2, 0.25) is 5.95 Å². The van der Waals surface area contributed by atoms with E-state index in [2.05, 4.69) is 9.88 Å². The first-order valence-corrected chi connectivity index (χ1v) is 6.55. The predicted molar refractivity (Wildman–Crippen MR) is 78.5 cm³/mol. The number of nitrogens with two attached hydrogens (primary N) is 1. The highest BCUT2D eigenvalue weighted by atomic mass is 16.5. The molecular weight excluding hydrogens is 240 g/mol. The molecule has 2 N–H and O–H groups in total. The van der Waals surface area contributed by atoms with Crippen LogP contribution in [0.15, 0.2) is 18.2 Å². The topological polar surface area (TPSA) is 56.3 Å². The number of rotatable bonds is 5. The zero-order valence-electron chi connectivity index (χ0n) is 12.1. The van der Waals surface area contributed by atoms with Crippen LogP contribution in [0.2, 0.25) is 0 Å². The highest BCUT2D eigenvalue weighted by molar-refractivity contribution is 5.84. The Balaban J connectivity index is 2.40. The quantitative estimate of drug-likeness (QED) is 0.895. The number of aromatic nitrogens is 2. The van der Waals surface area contributed by atoms with Crippen molar-refractivity contribution in [2.24, 2.45) is 0 Å². The summed E-state index contributed by atoms with van der Waals surface area (Å²) in [5, 5.41) is 0. The van der Waals surface area contributed by atoms with Crippen LogP contribution in [0.3, 0.4) is 0 Å². The van der Waals surface area contributed by atoms with Gasteiger partial charge in [0.15, 0.2) is 0 Å². The number of anilines is 1. The van der Waals surface area contributed by atoms with Gasteiger partial charge in [0, 0.05) is 13.1 Å². The molecule has 0 amide bonds. The van der Waals surface area contributed by atoms with Gasteiger partial charge in [0.1, 0.15) is 11.3 Å². The first-order chi connectivity index (χ1) is 8.99. The molecule has 0 saturated carbocycles. The van der Waals surface area contributed by atoms with Gasteiger partial charge in [-0.3, -0.25) is 0 Å². The van der Waals surface area contributed by atoms with Crippen molar-refractivity contribution in [2.75, 3.05) is 26.4 Å². The Bertz CT molecular complexity index is 560. The third kappa shape index (κ3) is 2.98. The Hall–Kier alpha value is -1.75. The van der Waals surface area contributed by atoms with Gasteiger partial charge < -0.3 is 19.9 Å². The molecule has 0 aliphatic rings. The molecule has 1 heterocycles. The largest absolute Gasteiger partial charge is 0.489 e. The number of nitrogen functional groups attached to an aromatic ring is 1. The van der Waals surface area contributed by atoms with Crippen molar-refractivity contribution in [3.05, 3.63) is 18.2 Å². The van der Waals surface area contributed by atoms with Gasteiger partial charge in [-0.05, 0) is 40.1 Å². The van der Waals surface area contributed by atoms with E-state index in [1.165, 1.54) is 0 Å². The molecular formula is C14H22N4O. The Morgan fingerprint density at radius 2 is 2.11 bits per heavy atom. The van der Waals surface area contributed by atoms with E-state index in [1.807, 2.05) is 50.7 Å². The van der Waals surface area contributed by atoms with Crippen LogP contribution >= 0.6 is 0 Å². The molecule has 2 rings (SSSR count). The summed E-state index contributed by atoms with van der Waals surface area (Å²) in [7, 11) is 4.09. The number of nitrogens with zero attached hydrogens (tertiary/aromatic N) is 3. The van der Waals surface area contributed by atoms with Crippen molar-refractivity contribution in [2.45, 2.75) is 26.5 Å². The highest BCUT2D eigenvalue weighted by Crippen LogP contribution is 2.27. The zero-order valence-corrected chi connectivity index (χ0v) is 12.1. The number of hydrogen-bond acceptors (Lipinski definition) is 4. The summed E-state index contributed by atoms with van der Waals surface area (Å²) in [6.07, 6.45) is 0.124. The second-order valence-electron chi connectivity index (χ2n) is 5.22. The van der Waals surface area contributed by atoms with Crippen LogP contribution in [-0.4, -0.2) is 41.2 Å². The molecule has 0 atom stereocenters. The van der Waals surface area contributed by atoms with Crippen molar-refractivity contribution in [1.29, 1.82) is 0 Å². The third-order valence-corrected chi connectivity index (χ3v) is 2.90. The first-order valence-electron chi connectivity index (χ1n) is 6.55. The molecule has 2 aromatic rings. The molecule has 0 spiro atoms. The Morgan fingerprint density at radius 1 is 1.37 bits per heavy atom. The second-order valence-corrected chi connectivity index (χ2v) is 5.22. The summed E-state index contributed by atoms with van der Waals surface area (Å²) in [5.41, 5.74) is 7.88. The fourth-order valence-electron chi connectivity index (χ4n) is 2.02. The van der Waals surface area contributed by atoms with E-state index in [4.69, 9.17) is 10.5 Å². The molecule has 104 valence electrons. The van der Waals surface area contributed by atoms with Gasteiger partial charge in [-0.2, -0.15) is 0 Å². The van der Waals surface area contributed by atoms with E-state index in [0.29, 0.717) is 5.95 Å². The molecule has 5 nitrogen and oxygen atoms in total. The number of imidazole rings is 1. The minimum atomic E-state index is 0.124. The Kier molecular flexibility index (Phi) is 3.95. The first kappa shape index (κ1) is 13.7. The number of likely N-dealkylation sites (N-methyl/N-ethyl adjacent to an activating group) is 1. The van der Waals surface area contributed by atoms with E-state index in [9.17, 15) is 0 Å². The summed E-state index contributed by atoms with van der Waals surface area (Å²) in [5.74, 6) is 1.33. The summed E-state index contributed by atoms with van der Waals surface area (Å²) in [4.78, 5) is 6.57. The van der Waals surface area contributed by atoms with Gasteiger partial charge in [0.25, 0.3) is 0 Å². The average molecular weight is 262 g/mol. The van der Waals surface area contributed by atoms with Crippen molar-refractivity contribution >= 4 is 17.0 Å². The van der Waals surface area contributed by atoms with Crippen molar-refractivity contribution in [3.8, 4) is 5.75 Å². The van der Waals surface area contributed by atoms with E-state index in [1.54, 1.807) is 0 Å². The molecule has 0 fully saturated rings. The van der Waals surface area contributed by atoms with E-state index < -0.39 is 0 Å². The lowest BCUT2D eigenvalue weighted by molar-refractivity contribution is 0.245. The lowest BCUT2D eigenvalue weighted by atomic mass is 10.3. The summed E-state index contributed by atoms with van der Waals surface area (Å²) in [6, 6.07) is 5.94. The van der Waals surface area contributed by atoms with Gasteiger partial charge >= 0.3 is 0 Å². The number of hydrogen-bond donors (Lipinski definition) is 1. The zero-order chi connectivity index (χ0) is 14.0. The fourth-order valence-corrected chi connectivity index (χ4v) is 2.02. The molecule has 0 bridgehead atoms. The third-order valence-electron chi connectivity index (χ3n) is 2.90. The molecule has 0 unspecified atom stereocenters. The molecule has 0 radical (unpaired) electrons. The van der Waals surface area contributed by atoms with Crippen LogP contribution in [0.1, 0.15) is 13.8 Å². The van der Waals surface area contributed by atoms with Gasteiger partial charge in [0.05, 0.1) is 11.6 Å². The lowest BCUT2D eigenvalue weighted by Crippen LogP contribution is -2.19. The maximum Gasteiger partial charge on any atom is 0.201 e. The molecule has 1 aromatic carbocycles. The summed E-state index contributed by atoms with van der Waals surface area (Å²) >= 11 is 0. The van der Waals surface area contributed by atoms with E-state index in [-0.39, 0.29) is 6.10 Å². The van der Waals surface area contributed by atoms with Crippen LogP contribution in [-0.2, 0) is 6.54 Å². The van der Waals surface area contributed by atoms with Gasteiger partial charge in [-0.1, -0.05) is 6.07 Å². The van der Waals surface area contributed by atoms with Crippen molar-refractivity contribution < 1.29 is 4.74 Å². The highest BCUT2D eigenvalue weighted by Gasteiger charge is 2.13. The number of fused-ring (bicyclic) bond motifs is 1. The number of ether oxygens (including phenoxy) is 1. The van der Waals surface area contributed by atoms with Crippen molar-refractivity contribution in [3.63, 3.8) is 0 Å². The minimum Gasteiger partial charge on any atom is -0.489 e. The molecule has 1 aromatic heterocycles. The SMILES string of the molecule is CC(C)Oc1cccc2c1nc(N)n2CCN(C)C. The number of benzene rings is 1. The van der Waals surface area contributed by atoms with Crippen LogP contribution in [0, 0.1) is 0 Å². The molecule has 19 heavy (non-hydrogen) atoms. The summed E-state index contributed by atoms with van der Waals surface area (Å²) in [6.45, 7) is 5.75. The lowest BCUT2D eigenvalue weighted by Gasteiger charge is -2.12. The van der Waals surface area contributed by atoms with Crippen LogP contribution < -0.4 is 10.5 Å². The average Bonchev–Trinajstić information content (AvgIpc) is 2.63. The molecule has 0 saturated heterocycles. The predicted octanol–water partition coefficient (Wildman–Crippen LogP) is 1.97. The Labute approximate surface area is 114 Å². The van der Waals surface area contributed by atoms with Crippen LogP contribution in [0.4, 0.5) is 5.95 Å². The van der Waals surface area contributed by atoms with Gasteiger partial charge in [-0.15, -0.1) is 0 Å². The maximum absolute atomic E-state index is 6.02. The molecule has 5 heteroatoms. The second kappa shape index (κ2) is 5.48. The van der Waals surface area contributed by atoms with E-state index in [0.717, 1.165) is 29.9 Å². The Morgan fingerprint density at radius 3 is 2.74 bits per heavy atom.